The highest BCUT2D eigenvalue weighted by atomic mass is 14.2. The van der Waals surface area contributed by atoms with Crippen molar-refractivity contribution in [3.8, 4) is 0 Å². The van der Waals surface area contributed by atoms with Crippen LogP contribution >= 0.6 is 0 Å². The van der Waals surface area contributed by atoms with Crippen molar-refractivity contribution in [3.05, 3.63) is 59.2 Å². The first-order valence-electron chi connectivity index (χ1n) is 7.11. The van der Waals surface area contributed by atoms with Crippen LogP contribution in [0.4, 0.5) is 0 Å². The molecule has 0 saturated heterocycles. The highest BCUT2D eigenvalue weighted by Crippen LogP contribution is 2.30. The summed E-state index contributed by atoms with van der Waals surface area (Å²) in [6.45, 7) is 12.2. The predicted molar refractivity (Wildman–Crippen MR) is 82.0 cm³/mol. The van der Waals surface area contributed by atoms with Gasteiger partial charge in [0.1, 0.15) is 0 Å². The lowest BCUT2D eigenvalue weighted by Crippen LogP contribution is -2.15. The van der Waals surface area contributed by atoms with Crippen molar-refractivity contribution in [1.29, 1.82) is 0 Å². The zero-order valence-electron chi connectivity index (χ0n) is 12.3. The van der Waals surface area contributed by atoms with E-state index in [4.69, 9.17) is 0 Å². The summed E-state index contributed by atoms with van der Waals surface area (Å²) in [6.07, 6.45) is 7.89. The SMILES string of the molecule is C=C/C(=C\C)C1CCc2cc(C)ccc2C1.CC. The molecule has 0 aliphatic heterocycles. The number of benzene rings is 1. The van der Waals surface area contributed by atoms with Crippen LogP contribution in [0.5, 0.6) is 0 Å². The summed E-state index contributed by atoms with van der Waals surface area (Å²) < 4.78 is 0. The van der Waals surface area contributed by atoms with Crippen LogP contribution in [0.25, 0.3) is 0 Å². The summed E-state index contributed by atoms with van der Waals surface area (Å²) in [7, 11) is 0. The first-order chi connectivity index (χ1) is 8.74. The second-order valence-corrected chi connectivity index (χ2v) is 4.70. The van der Waals surface area contributed by atoms with E-state index in [0.29, 0.717) is 5.92 Å². The van der Waals surface area contributed by atoms with Crippen molar-refractivity contribution in [2.24, 2.45) is 5.92 Å². The maximum absolute atomic E-state index is 3.91. The summed E-state index contributed by atoms with van der Waals surface area (Å²) in [5.41, 5.74) is 5.87. The number of allylic oxidation sites excluding steroid dienone is 3. The molecule has 0 amide bonds. The molecule has 1 aromatic carbocycles. The van der Waals surface area contributed by atoms with E-state index in [1.54, 1.807) is 5.56 Å². The lowest BCUT2D eigenvalue weighted by molar-refractivity contribution is 0.534. The van der Waals surface area contributed by atoms with Gasteiger partial charge in [0, 0.05) is 0 Å². The topological polar surface area (TPSA) is 0 Å². The van der Waals surface area contributed by atoms with Crippen molar-refractivity contribution in [1.82, 2.24) is 0 Å². The predicted octanol–water partition coefficient (Wildman–Crippen LogP) is 5.26. The van der Waals surface area contributed by atoms with Gasteiger partial charge in [0.2, 0.25) is 0 Å². The number of aryl methyl sites for hydroxylation is 2. The van der Waals surface area contributed by atoms with Crippen LogP contribution in [0.2, 0.25) is 0 Å². The smallest absolute Gasteiger partial charge is 0.0122 e. The summed E-state index contributed by atoms with van der Waals surface area (Å²) in [5.74, 6) is 0.678. The standard InChI is InChI=1S/C16H20.C2H6/c1-4-13(5-2)15-9-8-14-10-12(3)6-7-16(14)11-15;1-2/h4-7,10,15H,1,8-9,11H2,2-3H3;1-2H3/b13-5+;. The fraction of sp³-hybridized carbons (Fsp3) is 0.444. The Morgan fingerprint density at radius 2 is 2.00 bits per heavy atom. The fourth-order valence-corrected chi connectivity index (χ4v) is 2.69. The highest BCUT2D eigenvalue weighted by molar-refractivity contribution is 5.36. The van der Waals surface area contributed by atoms with Crippen molar-refractivity contribution < 1.29 is 0 Å². The molecular weight excluding hydrogens is 216 g/mol. The molecule has 1 unspecified atom stereocenters. The summed E-state index contributed by atoms with van der Waals surface area (Å²) in [4.78, 5) is 0. The number of hydrogen-bond acceptors (Lipinski definition) is 0. The maximum Gasteiger partial charge on any atom is -0.0122 e. The van der Waals surface area contributed by atoms with Crippen LogP contribution in [0.3, 0.4) is 0 Å². The van der Waals surface area contributed by atoms with Crippen molar-refractivity contribution >= 4 is 0 Å². The van der Waals surface area contributed by atoms with Gasteiger partial charge in [-0.2, -0.15) is 0 Å². The second-order valence-electron chi connectivity index (χ2n) is 4.70. The molecule has 2 rings (SSSR count). The fourth-order valence-electron chi connectivity index (χ4n) is 2.69. The zero-order valence-corrected chi connectivity index (χ0v) is 12.3. The third-order valence-corrected chi connectivity index (χ3v) is 3.63. The van der Waals surface area contributed by atoms with Gasteiger partial charge < -0.3 is 0 Å². The average Bonchev–Trinajstić information content (AvgIpc) is 2.42. The maximum atomic E-state index is 3.91. The van der Waals surface area contributed by atoms with Gasteiger partial charge in [-0.15, -0.1) is 0 Å². The molecule has 1 atom stereocenters. The molecule has 0 nitrogen and oxygen atoms in total. The van der Waals surface area contributed by atoms with E-state index < -0.39 is 0 Å². The van der Waals surface area contributed by atoms with Gasteiger partial charge in [0.25, 0.3) is 0 Å². The molecule has 98 valence electrons. The molecule has 1 aromatic rings. The van der Waals surface area contributed by atoms with E-state index in [9.17, 15) is 0 Å². The molecule has 0 bridgehead atoms. The van der Waals surface area contributed by atoms with Gasteiger partial charge in [-0.1, -0.05) is 56.3 Å². The molecule has 0 heteroatoms. The monoisotopic (exact) mass is 242 g/mol. The highest BCUT2D eigenvalue weighted by Gasteiger charge is 2.19. The van der Waals surface area contributed by atoms with Gasteiger partial charge >= 0.3 is 0 Å². The minimum atomic E-state index is 0.678. The first kappa shape index (κ1) is 14.8. The Balaban J connectivity index is 0.000000771. The molecule has 0 fully saturated rings. The van der Waals surface area contributed by atoms with Crippen molar-refractivity contribution in [2.45, 2.75) is 47.0 Å². The Labute approximate surface area is 112 Å². The Hall–Kier alpha value is -1.30. The number of rotatable bonds is 2. The molecule has 0 spiro atoms. The van der Waals surface area contributed by atoms with E-state index >= 15 is 0 Å². The largest absolute Gasteiger partial charge is 0.0988 e. The Morgan fingerprint density at radius 1 is 1.28 bits per heavy atom. The lowest BCUT2D eigenvalue weighted by Gasteiger charge is -2.25. The van der Waals surface area contributed by atoms with Crippen molar-refractivity contribution in [3.63, 3.8) is 0 Å². The van der Waals surface area contributed by atoms with Crippen molar-refractivity contribution in [2.75, 3.05) is 0 Å². The third-order valence-electron chi connectivity index (χ3n) is 3.63. The third kappa shape index (κ3) is 3.35. The summed E-state index contributed by atoms with van der Waals surface area (Å²) in [6, 6.07) is 6.87. The van der Waals surface area contributed by atoms with Gasteiger partial charge in [-0.05, 0) is 55.7 Å². The summed E-state index contributed by atoms with van der Waals surface area (Å²) >= 11 is 0. The van der Waals surface area contributed by atoms with Crippen LogP contribution in [0.1, 0.15) is 43.9 Å². The average molecular weight is 242 g/mol. The summed E-state index contributed by atoms with van der Waals surface area (Å²) in [5, 5.41) is 0. The molecule has 1 aliphatic rings. The van der Waals surface area contributed by atoms with E-state index in [2.05, 4.69) is 44.7 Å². The van der Waals surface area contributed by atoms with Gasteiger partial charge in [-0.25, -0.2) is 0 Å². The Kier molecular flexibility index (Phi) is 5.91. The van der Waals surface area contributed by atoms with Crippen LogP contribution in [-0.2, 0) is 12.8 Å². The lowest BCUT2D eigenvalue weighted by atomic mass is 9.79. The molecule has 18 heavy (non-hydrogen) atoms. The van der Waals surface area contributed by atoms with Crippen LogP contribution in [-0.4, -0.2) is 0 Å². The van der Waals surface area contributed by atoms with Gasteiger partial charge in [0.05, 0.1) is 0 Å². The molecule has 0 radical (unpaired) electrons. The number of fused-ring (bicyclic) bond motifs is 1. The minimum absolute atomic E-state index is 0.678. The molecule has 0 aromatic heterocycles. The van der Waals surface area contributed by atoms with E-state index in [1.807, 2.05) is 19.9 Å². The molecular formula is C18H26. The molecule has 0 saturated carbocycles. The van der Waals surface area contributed by atoms with E-state index in [1.165, 1.54) is 36.0 Å². The molecule has 1 aliphatic carbocycles. The second kappa shape index (κ2) is 7.20. The van der Waals surface area contributed by atoms with Crippen LogP contribution in [0, 0.1) is 12.8 Å². The van der Waals surface area contributed by atoms with Gasteiger partial charge in [-0.3, -0.25) is 0 Å². The normalized spacial score (nSPS) is 18.4. The van der Waals surface area contributed by atoms with E-state index in [-0.39, 0.29) is 0 Å². The van der Waals surface area contributed by atoms with Crippen LogP contribution in [0.15, 0.2) is 42.5 Å². The number of hydrogen-bond donors (Lipinski definition) is 0. The van der Waals surface area contributed by atoms with Gasteiger partial charge in [0.15, 0.2) is 0 Å². The van der Waals surface area contributed by atoms with Crippen LogP contribution < -0.4 is 0 Å². The minimum Gasteiger partial charge on any atom is -0.0988 e. The quantitative estimate of drug-likeness (QED) is 0.621. The Morgan fingerprint density at radius 3 is 2.61 bits per heavy atom. The molecule has 0 heterocycles. The zero-order chi connectivity index (χ0) is 13.5. The molecule has 0 N–H and O–H groups in total. The first-order valence-corrected chi connectivity index (χ1v) is 7.11. The van der Waals surface area contributed by atoms with E-state index in [0.717, 1.165) is 0 Å². The Bertz CT molecular complexity index is 424.